The standard InChI is InChI=1S/C20H20F3N5O2S/c1-9-4-5-28(27-9)10-2-3-11(15(29)6-10)19-25-26-20(31-19)30-16-8-14-17(22)12(21)7-13(24-14)18(16)23/h2-6,12-14,16-18,24,29H,7-8H2,1H3. The number of hydrogen-bond acceptors (Lipinski definition) is 7. The quantitative estimate of drug-likeness (QED) is 0.633. The molecule has 2 fully saturated rings. The van der Waals surface area contributed by atoms with E-state index in [-0.39, 0.29) is 23.8 Å². The topological polar surface area (TPSA) is 85.1 Å². The maximum Gasteiger partial charge on any atom is 0.294 e. The summed E-state index contributed by atoms with van der Waals surface area (Å²) in [5.41, 5.74) is 1.98. The van der Waals surface area contributed by atoms with E-state index in [1.807, 2.05) is 13.0 Å². The van der Waals surface area contributed by atoms with Gasteiger partial charge in [-0.25, -0.2) is 17.9 Å². The summed E-state index contributed by atoms with van der Waals surface area (Å²) in [6, 6.07) is 5.30. The van der Waals surface area contributed by atoms with Gasteiger partial charge in [0.25, 0.3) is 5.19 Å². The first-order chi connectivity index (χ1) is 14.9. The lowest BCUT2D eigenvalue weighted by molar-refractivity contribution is -0.0429. The zero-order valence-electron chi connectivity index (χ0n) is 16.5. The molecule has 2 aliphatic heterocycles. The summed E-state index contributed by atoms with van der Waals surface area (Å²) in [5, 5.41) is 26.1. The van der Waals surface area contributed by atoms with Crippen molar-refractivity contribution in [1.82, 2.24) is 25.3 Å². The van der Waals surface area contributed by atoms with Gasteiger partial charge in [-0.05, 0) is 31.5 Å². The molecule has 31 heavy (non-hydrogen) atoms. The van der Waals surface area contributed by atoms with Crippen LogP contribution in [0.4, 0.5) is 13.2 Å². The number of piperidine rings is 2. The number of aromatic hydroxyl groups is 1. The van der Waals surface area contributed by atoms with Crippen LogP contribution in [0.1, 0.15) is 18.5 Å². The van der Waals surface area contributed by atoms with Crippen molar-refractivity contribution in [2.45, 2.75) is 56.5 Å². The van der Waals surface area contributed by atoms with Crippen molar-refractivity contribution in [2.75, 3.05) is 0 Å². The second-order valence-electron chi connectivity index (χ2n) is 7.89. The van der Waals surface area contributed by atoms with Gasteiger partial charge in [0.05, 0.1) is 16.9 Å². The molecule has 2 bridgehead atoms. The number of aryl methyl sites for hydroxylation is 1. The van der Waals surface area contributed by atoms with Gasteiger partial charge in [0.2, 0.25) is 0 Å². The summed E-state index contributed by atoms with van der Waals surface area (Å²) in [6.07, 6.45) is -4.22. The van der Waals surface area contributed by atoms with Crippen LogP contribution in [-0.2, 0) is 0 Å². The molecule has 3 aromatic rings. The van der Waals surface area contributed by atoms with Crippen molar-refractivity contribution < 1.29 is 23.0 Å². The van der Waals surface area contributed by atoms with E-state index in [4.69, 9.17) is 4.74 Å². The Morgan fingerprint density at radius 2 is 1.94 bits per heavy atom. The number of halogens is 3. The SMILES string of the molecule is Cc1ccn(-c2ccc(-c3nnc(OC4CC5NC(CC(F)C5F)C4F)s3)c(O)c2)n1. The summed E-state index contributed by atoms with van der Waals surface area (Å²) in [7, 11) is 0. The van der Waals surface area contributed by atoms with Gasteiger partial charge in [0.15, 0.2) is 11.2 Å². The van der Waals surface area contributed by atoms with Crippen LogP contribution in [0, 0.1) is 6.92 Å². The largest absolute Gasteiger partial charge is 0.507 e. The minimum Gasteiger partial charge on any atom is -0.507 e. The third-order valence-electron chi connectivity index (χ3n) is 5.72. The highest BCUT2D eigenvalue weighted by atomic mass is 32.1. The molecule has 6 unspecified atom stereocenters. The molecule has 4 heterocycles. The Hall–Kier alpha value is -2.66. The zero-order valence-corrected chi connectivity index (χ0v) is 17.3. The molecule has 6 atom stereocenters. The van der Waals surface area contributed by atoms with Gasteiger partial charge in [0.1, 0.15) is 24.2 Å². The van der Waals surface area contributed by atoms with Crippen LogP contribution >= 0.6 is 11.3 Å². The lowest BCUT2D eigenvalue weighted by Crippen LogP contribution is -2.65. The first-order valence-corrected chi connectivity index (χ1v) is 10.7. The van der Waals surface area contributed by atoms with E-state index in [2.05, 4.69) is 20.6 Å². The molecule has 0 amide bonds. The van der Waals surface area contributed by atoms with Gasteiger partial charge in [-0.3, -0.25) is 0 Å². The maximum atomic E-state index is 14.7. The molecular formula is C20H20F3N5O2S. The van der Waals surface area contributed by atoms with Gasteiger partial charge in [-0.15, -0.1) is 5.10 Å². The van der Waals surface area contributed by atoms with E-state index in [9.17, 15) is 18.3 Å². The number of ether oxygens (including phenoxy) is 1. The summed E-state index contributed by atoms with van der Waals surface area (Å²) < 4.78 is 49.8. The van der Waals surface area contributed by atoms with Crippen molar-refractivity contribution in [1.29, 1.82) is 0 Å². The average Bonchev–Trinajstić information content (AvgIpc) is 3.38. The molecule has 1 aromatic carbocycles. The van der Waals surface area contributed by atoms with Crippen molar-refractivity contribution in [3.63, 3.8) is 0 Å². The monoisotopic (exact) mass is 451 g/mol. The molecule has 2 aromatic heterocycles. The second-order valence-corrected chi connectivity index (χ2v) is 8.83. The first-order valence-electron chi connectivity index (χ1n) is 9.93. The van der Waals surface area contributed by atoms with E-state index >= 15 is 0 Å². The first kappa shape index (κ1) is 20.3. The van der Waals surface area contributed by atoms with Gasteiger partial charge in [-0.1, -0.05) is 16.4 Å². The fraction of sp³-hybridized carbons (Fsp3) is 0.450. The molecule has 0 radical (unpaired) electrons. The van der Waals surface area contributed by atoms with Gasteiger partial charge in [-0.2, -0.15) is 5.10 Å². The third kappa shape index (κ3) is 3.76. The fourth-order valence-corrected chi connectivity index (χ4v) is 4.91. The summed E-state index contributed by atoms with van der Waals surface area (Å²) >= 11 is 1.05. The highest BCUT2D eigenvalue weighted by molar-refractivity contribution is 7.16. The molecule has 0 aliphatic carbocycles. The van der Waals surface area contributed by atoms with Crippen LogP contribution in [0.5, 0.6) is 10.9 Å². The molecule has 164 valence electrons. The number of nitrogens with zero attached hydrogens (tertiary/aromatic N) is 4. The molecule has 11 heteroatoms. The van der Waals surface area contributed by atoms with Crippen LogP contribution in [0.3, 0.4) is 0 Å². The molecule has 2 aliphatic rings. The van der Waals surface area contributed by atoms with Gasteiger partial charge < -0.3 is 15.2 Å². The molecule has 0 spiro atoms. The molecule has 2 saturated heterocycles. The Morgan fingerprint density at radius 1 is 1.13 bits per heavy atom. The zero-order chi connectivity index (χ0) is 21.7. The predicted molar refractivity (Wildman–Crippen MR) is 108 cm³/mol. The van der Waals surface area contributed by atoms with Gasteiger partial charge in [0, 0.05) is 30.8 Å². The van der Waals surface area contributed by atoms with Crippen LogP contribution in [0.15, 0.2) is 30.5 Å². The smallest absolute Gasteiger partial charge is 0.294 e. The Labute approximate surface area is 179 Å². The van der Waals surface area contributed by atoms with E-state index in [0.29, 0.717) is 16.3 Å². The number of nitrogens with one attached hydrogen (secondary N) is 1. The van der Waals surface area contributed by atoms with Crippen LogP contribution < -0.4 is 10.1 Å². The van der Waals surface area contributed by atoms with Gasteiger partial charge >= 0.3 is 0 Å². The van der Waals surface area contributed by atoms with Crippen molar-refractivity contribution >= 4 is 11.3 Å². The Morgan fingerprint density at radius 3 is 2.68 bits per heavy atom. The summed E-state index contributed by atoms with van der Waals surface area (Å²) in [4.78, 5) is 0. The lowest BCUT2D eigenvalue weighted by atomic mass is 9.82. The third-order valence-corrected chi connectivity index (χ3v) is 6.57. The maximum absolute atomic E-state index is 14.7. The second kappa shape index (κ2) is 7.79. The summed E-state index contributed by atoms with van der Waals surface area (Å²) in [5.74, 6) is -0.0117. The lowest BCUT2D eigenvalue weighted by Gasteiger charge is -2.44. The normalized spacial score (nSPS) is 30.3. The van der Waals surface area contributed by atoms with Crippen molar-refractivity contribution in [3.05, 3.63) is 36.2 Å². The number of rotatable bonds is 4. The van der Waals surface area contributed by atoms with E-state index < -0.39 is 36.7 Å². The molecule has 7 nitrogen and oxygen atoms in total. The highest BCUT2D eigenvalue weighted by Crippen LogP contribution is 2.38. The Balaban J connectivity index is 1.32. The number of alkyl halides is 3. The molecular weight excluding hydrogens is 431 g/mol. The number of phenols is 1. The van der Waals surface area contributed by atoms with Crippen molar-refractivity contribution in [2.24, 2.45) is 0 Å². The van der Waals surface area contributed by atoms with E-state index in [1.54, 1.807) is 29.1 Å². The number of aromatic nitrogens is 4. The molecule has 0 saturated carbocycles. The molecule has 2 N–H and O–H groups in total. The van der Waals surface area contributed by atoms with Crippen LogP contribution in [-0.4, -0.2) is 61.8 Å². The average molecular weight is 451 g/mol. The summed E-state index contributed by atoms with van der Waals surface area (Å²) in [6.45, 7) is 1.87. The number of benzene rings is 1. The minimum absolute atomic E-state index is 0.00258. The van der Waals surface area contributed by atoms with E-state index in [1.165, 1.54) is 0 Å². The minimum atomic E-state index is -1.69. The Bertz CT molecular complexity index is 1090. The number of hydrogen-bond donors (Lipinski definition) is 2. The van der Waals surface area contributed by atoms with Crippen LogP contribution in [0.2, 0.25) is 0 Å². The highest BCUT2D eigenvalue weighted by Gasteiger charge is 2.49. The van der Waals surface area contributed by atoms with Crippen LogP contribution in [0.25, 0.3) is 16.3 Å². The fourth-order valence-electron chi connectivity index (χ4n) is 4.13. The Kier molecular flexibility index (Phi) is 5.09. The molecule has 5 rings (SSSR count). The predicted octanol–water partition coefficient (Wildman–Crippen LogP) is 3.30. The van der Waals surface area contributed by atoms with Crippen molar-refractivity contribution in [3.8, 4) is 27.2 Å². The van der Waals surface area contributed by atoms with E-state index in [0.717, 1.165) is 17.0 Å². The number of phenolic OH excluding ortho intramolecular Hbond substituents is 1. The number of fused-ring (bicyclic) bond motifs is 2.